The van der Waals surface area contributed by atoms with Crippen LogP contribution in [-0.4, -0.2) is 5.11 Å². The second kappa shape index (κ2) is 5.07. The molecule has 1 N–H and O–H groups in total. The van der Waals surface area contributed by atoms with E-state index in [1.807, 2.05) is 0 Å². The van der Waals surface area contributed by atoms with Crippen LogP contribution in [0, 0.1) is 13.8 Å². The van der Waals surface area contributed by atoms with Gasteiger partial charge in [-0.15, -0.1) is 0 Å². The molecule has 0 spiro atoms. The van der Waals surface area contributed by atoms with Crippen LogP contribution in [0.2, 0.25) is 0 Å². The number of benzene rings is 2. The molecule has 0 aliphatic heterocycles. The van der Waals surface area contributed by atoms with Crippen molar-refractivity contribution in [2.24, 2.45) is 0 Å². The molecule has 0 fully saturated rings. The molecule has 0 radical (unpaired) electrons. The molecule has 0 unspecified atom stereocenters. The lowest BCUT2D eigenvalue weighted by Gasteiger charge is -2.11. The van der Waals surface area contributed by atoms with Gasteiger partial charge in [0.25, 0.3) is 0 Å². The van der Waals surface area contributed by atoms with Crippen molar-refractivity contribution >= 4 is 0 Å². The first kappa shape index (κ1) is 14.2. The van der Waals surface area contributed by atoms with Gasteiger partial charge in [-0.05, 0) is 61.4 Å². The molecule has 0 amide bonds. The largest absolute Gasteiger partial charge is 0.507 e. The summed E-state index contributed by atoms with van der Waals surface area (Å²) >= 11 is 0. The second-order valence-corrected chi connectivity index (χ2v) is 4.53. The summed E-state index contributed by atoms with van der Waals surface area (Å²) in [7, 11) is 0. The molecule has 0 aliphatic carbocycles. The monoisotopic (exact) mass is 282 g/mol. The van der Waals surface area contributed by atoms with Crippen LogP contribution in [0.25, 0.3) is 0 Å². The lowest BCUT2D eigenvalue weighted by molar-refractivity contribution is -0.137. The highest BCUT2D eigenvalue weighted by atomic mass is 19.4. The highest BCUT2D eigenvalue weighted by Crippen LogP contribution is 2.33. The summed E-state index contributed by atoms with van der Waals surface area (Å²) in [5, 5.41) is 9.64. The molecule has 2 aromatic carbocycles. The number of halogens is 3. The first-order chi connectivity index (χ1) is 9.27. The van der Waals surface area contributed by atoms with Gasteiger partial charge in [0, 0.05) is 0 Å². The lowest BCUT2D eigenvalue weighted by atomic mass is 10.1. The predicted octanol–water partition coefficient (Wildman–Crippen LogP) is 4.82. The molecule has 0 heterocycles. The van der Waals surface area contributed by atoms with Gasteiger partial charge in [-0.3, -0.25) is 0 Å². The summed E-state index contributed by atoms with van der Waals surface area (Å²) in [6.07, 6.45) is -4.36. The van der Waals surface area contributed by atoms with E-state index in [0.29, 0.717) is 22.6 Å². The minimum Gasteiger partial charge on any atom is -0.507 e. The van der Waals surface area contributed by atoms with E-state index in [1.54, 1.807) is 26.0 Å². The zero-order valence-corrected chi connectivity index (χ0v) is 11.0. The number of aryl methyl sites for hydroxylation is 2. The summed E-state index contributed by atoms with van der Waals surface area (Å²) in [6, 6.07) is 7.71. The Hall–Kier alpha value is -2.17. The topological polar surface area (TPSA) is 29.5 Å². The molecule has 5 heteroatoms. The fourth-order valence-corrected chi connectivity index (χ4v) is 1.82. The van der Waals surface area contributed by atoms with Gasteiger partial charge in [0.05, 0.1) is 5.56 Å². The van der Waals surface area contributed by atoms with Crippen LogP contribution in [0.4, 0.5) is 13.2 Å². The van der Waals surface area contributed by atoms with Gasteiger partial charge in [-0.2, -0.15) is 13.2 Å². The minimum absolute atomic E-state index is 0.185. The maximum absolute atomic E-state index is 12.4. The Morgan fingerprint density at radius 2 is 1.40 bits per heavy atom. The third kappa shape index (κ3) is 3.04. The minimum atomic E-state index is -4.36. The SMILES string of the molecule is Cc1cc(Oc2ccc(C(F)(F)F)cc2)cc(C)c1O. The van der Waals surface area contributed by atoms with E-state index in [0.717, 1.165) is 12.1 Å². The van der Waals surface area contributed by atoms with Crippen LogP contribution in [0.3, 0.4) is 0 Å². The Morgan fingerprint density at radius 1 is 0.900 bits per heavy atom. The number of ether oxygens (including phenoxy) is 1. The first-order valence-corrected chi connectivity index (χ1v) is 5.92. The number of aromatic hydroxyl groups is 1. The van der Waals surface area contributed by atoms with Crippen LogP contribution >= 0.6 is 0 Å². The molecule has 0 saturated heterocycles. The average Bonchev–Trinajstić information content (AvgIpc) is 2.35. The summed E-state index contributed by atoms with van der Waals surface area (Å²) < 4.78 is 42.8. The molecule has 2 aromatic rings. The number of rotatable bonds is 2. The van der Waals surface area contributed by atoms with Crippen LogP contribution in [0.15, 0.2) is 36.4 Å². The van der Waals surface area contributed by atoms with Crippen molar-refractivity contribution in [1.82, 2.24) is 0 Å². The predicted molar refractivity (Wildman–Crippen MR) is 69.1 cm³/mol. The highest BCUT2D eigenvalue weighted by Gasteiger charge is 2.30. The number of phenolic OH excluding ortho intramolecular Hbond substituents is 1. The van der Waals surface area contributed by atoms with Crippen molar-refractivity contribution in [3.63, 3.8) is 0 Å². The Balaban J connectivity index is 2.23. The van der Waals surface area contributed by atoms with E-state index >= 15 is 0 Å². The molecule has 20 heavy (non-hydrogen) atoms. The van der Waals surface area contributed by atoms with Gasteiger partial charge >= 0.3 is 6.18 Å². The summed E-state index contributed by atoms with van der Waals surface area (Å²) in [5.41, 5.74) is 0.571. The lowest BCUT2D eigenvalue weighted by Crippen LogP contribution is -2.04. The number of hydrogen-bond acceptors (Lipinski definition) is 2. The highest BCUT2D eigenvalue weighted by molar-refractivity contribution is 5.46. The molecule has 106 valence electrons. The maximum atomic E-state index is 12.4. The Kier molecular flexibility index (Phi) is 3.61. The summed E-state index contributed by atoms with van der Waals surface area (Å²) in [6.45, 7) is 3.45. The van der Waals surface area contributed by atoms with Crippen molar-refractivity contribution < 1.29 is 23.0 Å². The Bertz CT molecular complexity index is 593. The second-order valence-electron chi connectivity index (χ2n) is 4.53. The van der Waals surface area contributed by atoms with Gasteiger partial charge in [0.15, 0.2) is 0 Å². The summed E-state index contributed by atoms with van der Waals surface area (Å²) in [4.78, 5) is 0. The van der Waals surface area contributed by atoms with E-state index in [9.17, 15) is 18.3 Å². The van der Waals surface area contributed by atoms with Gasteiger partial charge < -0.3 is 9.84 Å². The maximum Gasteiger partial charge on any atom is 0.416 e. The molecule has 0 atom stereocenters. The van der Waals surface area contributed by atoms with Crippen molar-refractivity contribution in [1.29, 1.82) is 0 Å². The molecular weight excluding hydrogens is 269 g/mol. The summed E-state index contributed by atoms with van der Waals surface area (Å²) in [5.74, 6) is 0.963. The van der Waals surface area contributed by atoms with Crippen molar-refractivity contribution in [3.05, 3.63) is 53.1 Å². The third-order valence-corrected chi connectivity index (χ3v) is 2.88. The zero-order valence-electron chi connectivity index (χ0n) is 11.0. The molecule has 0 saturated carbocycles. The van der Waals surface area contributed by atoms with Crippen LogP contribution in [0.5, 0.6) is 17.2 Å². The molecule has 2 rings (SSSR count). The molecule has 0 bridgehead atoms. The zero-order chi connectivity index (χ0) is 14.9. The van der Waals surface area contributed by atoms with E-state index in [2.05, 4.69) is 0 Å². The normalized spacial score (nSPS) is 11.4. The van der Waals surface area contributed by atoms with Gasteiger partial charge in [0.1, 0.15) is 17.2 Å². The van der Waals surface area contributed by atoms with Crippen LogP contribution < -0.4 is 4.74 Å². The van der Waals surface area contributed by atoms with E-state index in [-0.39, 0.29) is 5.75 Å². The van der Waals surface area contributed by atoms with E-state index in [1.165, 1.54) is 12.1 Å². The van der Waals surface area contributed by atoms with Crippen molar-refractivity contribution in [2.45, 2.75) is 20.0 Å². The number of hydrogen-bond donors (Lipinski definition) is 1. The van der Waals surface area contributed by atoms with Crippen LogP contribution in [-0.2, 0) is 6.18 Å². The smallest absolute Gasteiger partial charge is 0.416 e. The van der Waals surface area contributed by atoms with Crippen LogP contribution in [0.1, 0.15) is 16.7 Å². The molecule has 0 aliphatic rings. The fourth-order valence-electron chi connectivity index (χ4n) is 1.82. The standard InChI is InChI=1S/C15H13F3O2/c1-9-7-13(8-10(2)14(9)19)20-12-5-3-11(4-6-12)15(16,17)18/h3-8,19H,1-2H3. The Labute approximate surface area is 114 Å². The number of alkyl halides is 3. The van der Waals surface area contributed by atoms with Gasteiger partial charge in [0.2, 0.25) is 0 Å². The molecule has 2 nitrogen and oxygen atoms in total. The molecule has 0 aromatic heterocycles. The fraction of sp³-hybridized carbons (Fsp3) is 0.200. The third-order valence-electron chi connectivity index (χ3n) is 2.88. The van der Waals surface area contributed by atoms with Crippen molar-refractivity contribution in [3.8, 4) is 17.2 Å². The van der Waals surface area contributed by atoms with Gasteiger partial charge in [-0.25, -0.2) is 0 Å². The molecular formula is C15H13F3O2. The van der Waals surface area contributed by atoms with Gasteiger partial charge in [-0.1, -0.05) is 0 Å². The van der Waals surface area contributed by atoms with Crippen molar-refractivity contribution in [2.75, 3.05) is 0 Å². The number of phenols is 1. The van der Waals surface area contributed by atoms with E-state index in [4.69, 9.17) is 4.74 Å². The average molecular weight is 282 g/mol. The first-order valence-electron chi connectivity index (χ1n) is 5.92. The van der Waals surface area contributed by atoms with E-state index < -0.39 is 11.7 Å². The quantitative estimate of drug-likeness (QED) is 0.855. The Morgan fingerprint density at radius 3 is 1.85 bits per heavy atom.